The summed E-state index contributed by atoms with van der Waals surface area (Å²) < 4.78 is 26.4. The van der Waals surface area contributed by atoms with Gasteiger partial charge in [0.2, 0.25) is 5.91 Å². The molecule has 2 N–H and O–H groups in total. The third-order valence-corrected chi connectivity index (χ3v) is 4.24. The van der Waals surface area contributed by atoms with Gasteiger partial charge in [0.1, 0.15) is 11.6 Å². The first-order valence-corrected chi connectivity index (χ1v) is 9.31. The van der Waals surface area contributed by atoms with Crippen molar-refractivity contribution >= 4 is 17.5 Å². The molecule has 0 aliphatic heterocycles. The van der Waals surface area contributed by atoms with Crippen molar-refractivity contribution < 1.29 is 18.4 Å². The molecule has 0 bridgehead atoms. The van der Waals surface area contributed by atoms with Crippen LogP contribution in [0.1, 0.15) is 30.1 Å². The van der Waals surface area contributed by atoms with E-state index in [2.05, 4.69) is 34.6 Å². The number of rotatable bonds is 10. The average molecular weight is 389 g/mol. The molecule has 2 aromatic carbocycles. The molecule has 0 aromatic heterocycles. The van der Waals surface area contributed by atoms with Crippen LogP contribution in [0.15, 0.2) is 48.5 Å². The van der Waals surface area contributed by atoms with E-state index in [9.17, 15) is 18.4 Å². The van der Waals surface area contributed by atoms with Gasteiger partial charge < -0.3 is 15.5 Å². The van der Waals surface area contributed by atoms with E-state index in [-0.39, 0.29) is 24.4 Å². The fourth-order valence-corrected chi connectivity index (χ4v) is 2.75. The fraction of sp³-hybridized carbons (Fsp3) is 0.333. The molecule has 0 aliphatic rings. The van der Waals surface area contributed by atoms with Gasteiger partial charge in [0.05, 0.1) is 5.56 Å². The van der Waals surface area contributed by atoms with Gasteiger partial charge in [-0.05, 0) is 37.6 Å². The number of carbonyl (C=O) groups excluding carboxylic acids is 2. The van der Waals surface area contributed by atoms with Gasteiger partial charge in [-0.2, -0.15) is 0 Å². The second-order valence-electron chi connectivity index (χ2n) is 6.25. The molecule has 0 spiro atoms. The van der Waals surface area contributed by atoms with E-state index in [1.165, 1.54) is 0 Å². The number of amides is 2. The summed E-state index contributed by atoms with van der Waals surface area (Å²) >= 11 is 0. The SMILES string of the molecule is CCN(CCCNC(=O)CCNC(=O)c1ccc(F)cc1F)c1ccccc1. The number of carbonyl (C=O) groups is 2. The van der Waals surface area contributed by atoms with Crippen LogP contribution in [-0.2, 0) is 4.79 Å². The zero-order chi connectivity index (χ0) is 20.4. The zero-order valence-corrected chi connectivity index (χ0v) is 15.9. The number of hydrogen-bond donors (Lipinski definition) is 2. The van der Waals surface area contributed by atoms with E-state index in [0.717, 1.165) is 37.3 Å². The molecule has 2 aromatic rings. The molecule has 5 nitrogen and oxygen atoms in total. The van der Waals surface area contributed by atoms with Crippen LogP contribution in [0.5, 0.6) is 0 Å². The largest absolute Gasteiger partial charge is 0.372 e. The number of anilines is 1. The first kappa shape index (κ1) is 21.3. The van der Waals surface area contributed by atoms with Crippen LogP contribution in [0.3, 0.4) is 0 Å². The van der Waals surface area contributed by atoms with E-state index >= 15 is 0 Å². The van der Waals surface area contributed by atoms with Crippen molar-refractivity contribution in [2.24, 2.45) is 0 Å². The Morgan fingerprint density at radius 3 is 2.43 bits per heavy atom. The van der Waals surface area contributed by atoms with E-state index in [4.69, 9.17) is 0 Å². The summed E-state index contributed by atoms with van der Waals surface area (Å²) in [6.45, 7) is 4.39. The van der Waals surface area contributed by atoms with Gasteiger partial charge in [-0.3, -0.25) is 9.59 Å². The van der Waals surface area contributed by atoms with Gasteiger partial charge >= 0.3 is 0 Å². The quantitative estimate of drug-likeness (QED) is 0.614. The average Bonchev–Trinajstić information content (AvgIpc) is 2.68. The third kappa shape index (κ3) is 6.64. The number of halogens is 2. The number of para-hydroxylation sites is 1. The molecular weight excluding hydrogens is 364 g/mol. The van der Waals surface area contributed by atoms with E-state index in [0.29, 0.717) is 12.6 Å². The van der Waals surface area contributed by atoms with Crippen molar-refractivity contribution in [2.45, 2.75) is 19.8 Å². The van der Waals surface area contributed by atoms with Crippen molar-refractivity contribution in [3.8, 4) is 0 Å². The summed E-state index contributed by atoms with van der Waals surface area (Å²) in [5.41, 5.74) is 0.898. The van der Waals surface area contributed by atoms with E-state index in [1.807, 2.05) is 18.2 Å². The van der Waals surface area contributed by atoms with Crippen LogP contribution in [0.2, 0.25) is 0 Å². The summed E-state index contributed by atoms with van der Waals surface area (Å²) in [4.78, 5) is 25.9. The normalized spacial score (nSPS) is 10.4. The van der Waals surface area contributed by atoms with Crippen molar-refractivity contribution in [3.05, 3.63) is 65.7 Å². The van der Waals surface area contributed by atoms with Gasteiger partial charge in [0.25, 0.3) is 5.91 Å². The second-order valence-corrected chi connectivity index (χ2v) is 6.25. The van der Waals surface area contributed by atoms with Crippen molar-refractivity contribution in [3.63, 3.8) is 0 Å². The predicted octanol–water partition coefficient (Wildman–Crippen LogP) is 3.12. The van der Waals surface area contributed by atoms with Crippen molar-refractivity contribution in [1.82, 2.24) is 10.6 Å². The lowest BCUT2D eigenvalue weighted by atomic mass is 10.2. The minimum Gasteiger partial charge on any atom is -0.372 e. The second kappa shape index (κ2) is 11.0. The summed E-state index contributed by atoms with van der Waals surface area (Å²) in [6, 6.07) is 12.8. The smallest absolute Gasteiger partial charge is 0.254 e. The highest BCUT2D eigenvalue weighted by Crippen LogP contribution is 2.12. The lowest BCUT2D eigenvalue weighted by Crippen LogP contribution is -2.33. The molecule has 7 heteroatoms. The highest BCUT2D eigenvalue weighted by molar-refractivity contribution is 5.94. The highest BCUT2D eigenvalue weighted by Gasteiger charge is 2.12. The molecule has 0 saturated heterocycles. The Balaban J connectivity index is 1.64. The Hall–Kier alpha value is -2.96. The van der Waals surface area contributed by atoms with E-state index in [1.54, 1.807) is 0 Å². The maximum Gasteiger partial charge on any atom is 0.254 e. The Bertz CT molecular complexity index is 784. The lowest BCUT2D eigenvalue weighted by molar-refractivity contribution is -0.120. The summed E-state index contributed by atoms with van der Waals surface area (Å²) in [5, 5.41) is 5.26. The maximum absolute atomic E-state index is 13.5. The molecule has 0 aliphatic carbocycles. The fourth-order valence-electron chi connectivity index (χ4n) is 2.75. The van der Waals surface area contributed by atoms with Gasteiger partial charge in [0, 0.05) is 44.4 Å². The van der Waals surface area contributed by atoms with Crippen LogP contribution >= 0.6 is 0 Å². The number of benzene rings is 2. The summed E-state index contributed by atoms with van der Waals surface area (Å²) in [6.07, 6.45) is 0.881. The molecular formula is C21H25F2N3O2. The van der Waals surface area contributed by atoms with Gasteiger partial charge in [-0.1, -0.05) is 18.2 Å². The van der Waals surface area contributed by atoms with Gasteiger partial charge in [0.15, 0.2) is 0 Å². The Kier molecular flexibility index (Phi) is 8.39. The minimum absolute atomic E-state index is 0.0760. The molecule has 0 atom stereocenters. The van der Waals surface area contributed by atoms with Gasteiger partial charge in [-0.25, -0.2) is 8.78 Å². The molecule has 0 radical (unpaired) electrons. The molecule has 0 fully saturated rings. The first-order chi connectivity index (χ1) is 13.5. The standard InChI is InChI=1S/C21H25F2N3O2/c1-2-26(17-7-4-3-5-8-17)14-6-12-24-20(27)11-13-25-21(28)18-10-9-16(22)15-19(18)23/h3-5,7-10,15H,2,6,11-14H2,1H3,(H,24,27)(H,25,28). The summed E-state index contributed by atoms with van der Waals surface area (Å²) in [5.74, 6) is -2.54. The molecule has 150 valence electrons. The summed E-state index contributed by atoms with van der Waals surface area (Å²) in [7, 11) is 0. The van der Waals surface area contributed by atoms with Crippen molar-refractivity contribution in [2.75, 3.05) is 31.1 Å². The van der Waals surface area contributed by atoms with Crippen molar-refractivity contribution in [1.29, 1.82) is 0 Å². The molecule has 2 amide bonds. The van der Waals surface area contributed by atoms with Crippen LogP contribution in [0.25, 0.3) is 0 Å². The molecule has 2 rings (SSSR count). The molecule has 0 saturated carbocycles. The Morgan fingerprint density at radius 2 is 1.75 bits per heavy atom. The van der Waals surface area contributed by atoms with Crippen LogP contribution in [0, 0.1) is 11.6 Å². The third-order valence-electron chi connectivity index (χ3n) is 4.24. The Labute approximate surface area is 163 Å². The maximum atomic E-state index is 13.5. The molecule has 0 heterocycles. The number of nitrogens with one attached hydrogen (secondary N) is 2. The number of hydrogen-bond acceptors (Lipinski definition) is 3. The minimum atomic E-state index is -0.930. The number of nitrogens with zero attached hydrogens (tertiary/aromatic N) is 1. The zero-order valence-electron chi connectivity index (χ0n) is 15.9. The van der Waals surface area contributed by atoms with Gasteiger partial charge in [-0.15, -0.1) is 0 Å². The first-order valence-electron chi connectivity index (χ1n) is 9.31. The Morgan fingerprint density at radius 1 is 1.00 bits per heavy atom. The highest BCUT2D eigenvalue weighted by atomic mass is 19.1. The molecule has 0 unspecified atom stereocenters. The lowest BCUT2D eigenvalue weighted by Gasteiger charge is -2.23. The van der Waals surface area contributed by atoms with E-state index < -0.39 is 17.5 Å². The van der Waals surface area contributed by atoms with Crippen LogP contribution in [0.4, 0.5) is 14.5 Å². The molecule has 28 heavy (non-hydrogen) atoms. The monoisotopic (exact) mass is 389 g/mol. The topological polar surface area (TPSA) is 61.4 Å². The van der Waals surface area contributed by atoms with Crippen LogP contribution < -0.4 is 15.5 Å². The van der Waals surface area contributed by atoms with Crippen LogP contribution in [-0.4, -0.2) is 38.0 Å². The predicted molar refractivity (Wildman–Crippen MR) is 105 cm³/mol.